The van der Waals surface area contributed by atoms with Gasteiger partial charge in [0, 0.05) is 12.5 Å². The fraction of sp³-hybridized carbons (Fsp3) is 0.500. The molecule has 1 aliphatic rings. The van der Waals surface area contributed by atoms with Crippen LogP contribution in [0.5, 0.6) is 5.75 Å². The summed E-state index contributed by atoms with van der Waals surface area (Å²) in [5, 5.41) is 12.3. The van der Waals surface area contributed by atoms with E-state index in [2.05, 4.69) is 11.4 Å². The molecular formula is C14H19NO3. The average Bonchev–Trinajstić information content (AvgIpc) is 2.38. The Hall–Kier alpha value is -1.55. The second-order valence-electron chi connectivity index (χ2n) is 4.77. The zero-order valence-corrected chi connectivity index (χ0v) is 10.6. The molecule has 1 aromatic rings. The van der Waals surface area contributed by atoms with E-state index in [1.165, 1.54) is 5.56 Å². The minimum Gasteiger partial charge on any atom is -0.497 e. The van der Waals surface area contributed by atoms with Crippen molar-refractivity contribution in [3.63, 3.8) is 0 Å². The van der Waals surface area contributed by atoms with Gasteiger partial charge in [0.1, 0.15) is 5.75 Å². The number of ether oxygens (including phenoxy) is 1. The standard InChI is InChI=1S/C14H19NO3/c1-18-12-4-2-3-11(9-12)13-7-10(5-6-15-13)8-14(16)17/h2-4,9-10,13,15H,5-8H2,1H3,(H,16,17). The molecule has 0 bridgehead atoms. The van der Waals surface area contributed by atoms with Crippen LogP contribution < -0.4 is 10.1 Å². The van der Waals surface area contributed by atoms with Gasteiger partial charge in [-0.3, -0.25) is 4.79 Å². The van der Waals surface area contributed by atoms with Crippen molar-refractivity contribution in [2.24, 2.45) is 5.92 Å². The third-order valence-corrected chi connectivity index (χ3v) is 3.47. The molecular weight excluding hydrogens is 230 g/mol. The zero-order chi connectivity index (χ0) is 13.0. The fourth-order valence-corrected chi connectivity index (χ4v) is 2.54. The number of methoxy groups -OCH3 is 1. The Morgan fingerprint density at radius 1 is 1.56 bits per heavy atom. The molecule has 18 heavy (non-hydrogen) atoms. The molecule has 2 atom stereocenters. The molecule has 0 aromatic heterocycles. The number of rotatable bonds is 4. The number of aliphatic carboxylic acids is 1. The van der Waals surface area contributed by atoms with Crippen LogP contribution in [0.3, 0.4) is 0 Å². The average molecular weight is 249 g/mol. The van der Waals surface area contributed by atoms with Gasteiger partial charge >= 0.3 is 5.97 Å². The predicted molar refractivity (Wildman–Crippen MR) is 68.7 cm³/mol. The fourth-order valence-electron chi connectivity index (χ4n) is 2.54. The molecule has 98 valence electrons. The first kappa shape index (κ1) is 12.9. The maximum absolute atomic E-state index is 10.8. The summed E-state index contributed by atoms with van der Waals surface area (Å²) in [6.45, 7) is 0.875. The van der Waals surface area contributed by atoms with Gasteiger partial charge in [-0.2, -0.15) is 0 Å². The topological polar surface area (TPSA) is 58.6 Å². The van der Waals surface area contributed by atoms with E-state index in [-0.39, 0.29) is 18.4 Å². The normalized spacial score (nSPS) is 23.6. The van der Waals surface area contributed by atoms with Gasteiger partial charge in [0.05, 0.1) is 7.11 Å². The van der Waals surface area contributed by atoms with Crippen LogP contribution in [0.15, 0.2) is 24.3 Å². The number of hydrogen-bond acceptors (Lipinski definition) is 3. The molecule has 0 amide bonds. The number of nitrogens with one attached hydrogen (secondary N) is 1. The van der Waals surface area contributed by atoms with Gasteiger partial charge in [0.25, 0.3) is 0 Å². The van der Waals surface area contributed by atoms with Crippen molar-refractivity contribution in [2.75, 3.05) is 13.7 Å². The van der Waals surface area contributed by atoms with Crippen LogP contribution in [-0.4, -0.2) is 24.7 Å². The highest BCUT2D eigenvalue weighted by Crippen LogP contribution is 2.30. The van der Waals surface area contributed by atoms with E-state index >= 15 is 0 Å². The van der Waals surface area contributed by atoms with Gasteiger partial charge in [-0.15, -0.1) is 0 Å². The van der Waals surface area contributed by atoms with Gasteiger partial charge in [-0.25, -0.2) is 0 Å². The summed E-state index contributed by atoms with van der Waals surface area (Å²) in [5.41, 5.74) is 1.17. The van der Waals surface area contributed by atoms with E-state index < -0.39 is 5.97 Å². The van der Waals surface area contributed by atoms with Crippen LogP contribution in [0.25, 0.3) is 0 Å². The third-order valence-electron chi connectivity index (χ3n) is 3.47. The molecule has 1 saturated heterocycles. The third kappa shape index (κ3) is 3.23. The molecule has 0 spiro atoms. The summed E-state index contributed by atoms with van der Waals surface area (Å²) in [6.07, 6.45) is 2.08. The molecule has 2 rings (SSSR count). The second kappa shape index (κ2) is 5.87. The molecule has 1 heterocycles. The first-order chi connectivity index (χ1) is 8.69. The Balaban J connectivity index is 2.05. The highest BCUT2D eigenvalue weighted by Gasteiger charge is 2.24. The zero-order valence-electron chi connectivity index (χ0n) is 10.6. The lowest BCUT2D eigenvalue weighted by atomic mass is 9.87. The number of piperidine rings is 1. The Bertz CT molecular complexity index is 419. The molecule has 1 aromatic carbocycles. The number of hydrogen-bond donors (Lipinski definition) is 2. The minimum atomic E-state index is -0.703. The van der Waals surface area contributed by atoms with Crippen LogP contribution in [-0.2, 0) is 4.79 Å². The molecule has 1 fully saturated rings. The Labute approximate surface area is 107 Å². The summed E-state index contributed by atoms with van der Waals surface area (Å²) in [5.74, 6) is 0.404. The Morgan fingerprint density at radius 2 is 2.39 bits per heavy atom. The van der Waals surface area contributed by atoms with E-state index in [1.54, 1.807) is 7.11 Å². The second-order valence-corrected chi connectivity index (χ2v) is 4.77. The number of benzene rings is 1. The summed E-state index contributed by atoms with van der Waals surface area (Å²) < 4.78 is 5.22. The molecule has 2 N–H and O–H groups in total. The number of carboxylic acids is 1. The Kier molecular flexibility index (Phi) is 4.20. The summed E-state index contributed by atoms with van der Waals surface area (Å²) in [7, 11) is 1.65. The summed E-state index contributed by atoms with van der Waals surface area (Å²) >= 11 is 0. The smallest absolute Gasteiger partial charge is 0.303 e. The van der Waals surface area contributed by atoms with Crippen LogP contribution in [0.1, 0.15) is 30.9 Å². The molecule has 0 radical (unpaired) electrons. The van der Waals surface area contributed by atoms with Crippen molar-refractivity contribution in [1.82, 2.24) is 5.32 Å². The highest BCUT2D eigenvalue weighted by molar-refractivity contribution is 5.67. The lowest BCUT2D eigenvalue weighted by molar-refractivity contribution is -0.138. The SMILES string of the molecule is COc1cccc(C2CC(CC(=O)O)CCN2)c1. The Morgan fingerprint density at radius 3 is 3.11 bits per heavy atom. The first-order valence-electron chi connectivity index (χ1n) is 6.28. The molecule has 1 aliphatic heterocycles. The molecule has 0 aliphatic carbocycles. The summed E-state index contributed by atoms with van der Waals surface area (Å²) in [4.78, 5) is 10.8. The van der Waals surface area contributed by atoms with E-state index in [9.17, 15) is 4.79 Å². The van der Waals surface area contributed by atoms with Gasteiger partial charge in [0.2, 0.25) is 0 Å². The van der Waals surface area contributed by atoms with Crippen molar-refractivity contribution < 1.29 is 14.6 Å². The monoisotopic (exact) mass is 249 g/mol. The minimum absolute atomic E-state index is 0.234. The molecule has 4 heteroatoms. The first-order valence-corrected chi connectivity index (χ1v) is 6.28. The maximum atomic E-state index is 10.8. The number of carboxylic acid groups (broad SMARTS) is 1. The maximum Gasteiger partial charge on any atom is 0.303 e. The van der Waals surface area contributed by atoms with Gasteiger partial charge < -0.3 is 15.2 Å². The van der Waals surface area contributed by atoms with Crippen molar-refractivity contribution in [3.05, 3.63) is 29.8 Å². The molecule has 2 unspecified atom stereocenters. The summed E-state index contributed by atoms with van der Waals surface area (Å²) in [6, 6.07) is 8.19. The highest BCUT2D eigenvalue weighted by atomic mass is 16.5. The quantitative estimate of drug-likeness (QED) is 0.859. The van der Waals surface area contributed by atoms with Crippen molar-refractivity contribution >= 4 is 5.97 Å². The van der Waals surface area contributed by atoms with E-state index in [0.29, 0.717) is 0 Å². The van der Waals surface area contributed by atoms with Crippen LogP contribution >= 0.6 is 0 Å². The van der Waals surface area contributed by atoms with E-state index in [1.807, 2.05) is 18.2 Å². The van der Waals surface area contributed by atoms with Crippen LogP contribution in [0.4, 0.5) is 0 Å². The lowest BCUT2D eigenvalue weighted by Crippen LogP contribution is -2.32. The van der Waals surface area contributed by atoms with Crippen LogP contribution in [0, 0.1) is 5.92 Å². The van der Waals surface area contributed by atoms with Crippen molar-refractivity contribution in [1.29, 1.82) is 0 Å². The van der Waals surface area contributed by atoms with Gasteiger partial charge in [-0.1, -0.05) is 12.1 Å². The van der Waals surface area contributed by atoms with E-state index in [4.69, 9.17) is 9.84 Å². The lowest BCUT2D eigenvalue weighted by Gasteiger charge is -2.30. The molecule has 0 saturated carbocycles. The van der Waals surface area contributed by atoms with Crippen molar-refractivity contribution in [3.8, 4) is 5.75 Å². The van der Waals surface area contributed by atoms with Gasteiger partial charge in [0.15, 0.2) is 0 Å². The molecule has 4 nitrogen and oxygen atoms in total. The predicted octanol–water partition coefficient (Wildman–Crippen LogP) is 2.21. The van der Waals surface area contributed by atoms with Gasteiger partial charge in [-0.05, 0) is 43.0 Å². The van der Waals surface area contributed by atoms with E-state index in [0.717, 1.165) is 25.1 Å². The number of carbonyl (C=O) groups is 1. The largest absolute Gasteiger partial charge is 0.497 e. The van der Waals surface area contributed by atoms with Crippen LogP contribution in [0.2, 0.25) is 0 Å². The van der Waals surface area contributed by atoms with Crippen molar-refractivity contribution in [2.45, 2.75) is 25.3 Å².